The normalized spacial score (nSPS) is 21.4. The first-order valence-corrected chi connectivity index (χ1v) is 19.2. The summed E-state index contributed by atoms with van der Waals surface area (Å²) in [5.41, 5.74) is 8.71. The maximum absolute atomic E-state index is 14.3. The lowest BCUT2D eigenvalue weighted by atomic mass is 9.84. The van der Waals surface area contributed by atoms with Gasteiger partial charge in [0.2, 0.25) is 0 Å². The van der Waals surface area contributed by atoms with Gasteiger partial charge in [0, 0.05) is 64.9 Å². The third kappa shape index (κ3) is 6.69. The van der Waals surface area contributed by atoms with E-state index in [0.717, 1.165) is 17.8 Å². The molecule has 0 unspecified atom stereocenters. The molecule has 53 heavy (non-hydrogen) atoms. The van der Waals surface area contributed by atoms with E-state index < -0.39 is 46.2 Å². The van der Waals surface area contributed by atoms with Crippen LogP contribution in [0.25, 0.3) is 23.8 Å². The zero-order valence-electron chi connectivity index (χ0n) is 30.7. The van der Waals surface area contributed by atoms with Crippen LogP contribution in [0, 0.1) is 37.5 Å². The highest BCUT2D eigenvalue weighted by Gasteiger charge is 2.39. The van der Waals surface area contributed by atoms with Crippen molar-refractivity contribution in [2.24, 2.45) is 33.7 Å². The van der Waals surface area contributed by atoms with E-state index >= 15 is 0 Å². The second-order valence-corrected chi connectivity index (χ2v) is 15.6. The van der Waals surface area contributed by atoms with E-state index in [1.54, 1.807) is 16.3 Å². The lowest BCUT2D eigenvalue weighted by Gasteiger charge is -2.22. The summed E-state index contributed by atoms with van der Waals surface area (Å²) in [6, 6.07) is 0. The number of aromatic nitrogens is 2. The molecule has 0 radical (unpaired) electrons. The number of hydrogen-bond acceptors (Lipinski definition) is 10. The topological polar surface area (TPSA) is 211 Å². The lowest BCUT2D eigenvalue weighted by molar-refractivity contribution is -0.139. The van der Waals surface area contributed by atoms with Gasteiger partial charge in [0.15, 0.2) is 5.78 Å². The van der Waals surface area contributed by atoms with Gasteiger partial charge >= 0.3 is 11.9 Å². The average Bonchev–Trinajstić information content (AvgIpc) is 3.72. The third-order valence-corrected chi connectivity index (χ3v) is 11.6. The number of Topliss-reactive ketones (excluding diaryl/α,β-unsaturated/α-hetero) is 1. The Kier molecular flexibility index (Phi) is 9.98. The molecule has 6 heterocycles. The fourth-order valence-electron chi connectivity index (χ4n) is 8.10. The minimum absolute atomic E-state index is 0.0136. The number of rotatable bonds is 11. The first-order valence-electron chi connectivity index (χ1n) is 17.6. The number of nitrogens with zero attached hydrogens (tertiary/aromatic N) is 4. The number of carbonyl (C=O) groups excluding carboxylic acids is 3. The van der Waals surface area contributed by atoms with Gasteiger partial charge in [-0.1, -0.05) is 20.8 Å². The molecule has 1 amide bonds. The van der Waals surface area contributed by atoms with Crippen LogP contribution in [0.5, 0.6) is 0 Å². The molecule has 15 nitrogen and oxygen atoms in total. The van der Waals surface area contributed by atoms with E-state index in [-0.39, 0.29) is 54.1 Å². The Balaban J connectivity index is 1.81. The molecule has 0 spiro atoms. The molecule has 4 aliphatic rings. The first-order chi connectivity index (χ1) is 25.0. The fourth-order valence-corrected chi connectivity index (χ4v) is 8.46. The summed E-state index contributed by atoms with van der Waals surface area (Å²) in [7, 11) is -3.17. The fraction of sp³-hybridized carbons (Fsp3) is 0.459. The van der Waals surface area contributed by atoms with Crippen LogP contribution < -0.4 is 21.5 Å². The number of ether oxygens (including phenoxy) is 1. The zero-order chi connectivity index (χ0) is 38.7. The van der Waals surface area contributed by atoms with Crippen molar-refractivity contribution >= 4 is 69.0 Å². The Hall–Kier alpha value is -5.09. The van der Waals surface area contributed by atoms with Crippen molar-refractivity contribution in [3.8, 4) is 0 Å². The summed E-state index contributed by atoms with van der Waals surface area (Å²) in [6.45, 7) is 10.7. The molecule has 282 valence electrons. The van der Waals surface area contributed by atoms with Crippen molar-refractivity contribution in [3.05, 3.63) is 55.7 Å². The smallest absolute Gasteiger partial charge is 0.310 e. The molecule has 0 saturated carbocycles. The Morgan fingerprint density at radius 2 is 1.62 bits per heavy atom. The number of allylic oxidation sites excluding steroid dienone is 2. The molecule has 0 aromatic carbocycles. The number of nitrogens with one attached hydrogen (secondary N) is 2. The predicted octanol–water partition coefficient (Wildman–Crippen LogP) is 2.63. The van der Waals surface area contributed by atoms with Gasteiger partial charge in [0.1, 0.15) is 0 Å². The highest BCUT2D eigenvalue weighted by Crippen LogP contribution is 2.44. The van der Waals surface area contributed by atoms with Crippen molar-refractivity contribution in [3.63, 3.8) is 0 Å². The lowest BCUT2D eigenvalue weighted by Crippen LogP contribution is -2.41. The third-order valence-electron chi connectivity index (χ3n) is 10.9. The number of esters is 1. The van der Waals surface area contributed by atoms with Crippen LogP contribution >= 0.6 is 0 Å². The van der Waals surface area contributed by atoms with Gasteiger partial charge in [-0.25, -0.2) is 14.9 Å². The molecule has 0 saturated heterocycles. The summed E-state index contributed by atoms with van der Waals surface area (Å²) in [6.07, 6.45) is 6.05. The minimum Gasteiger partial charge on any atom is -0.481 e. The van der Waals surface area contributed by atoms with E-state index in [2.05, 4.69) is 24.7 Å². The van der Waals surface area contributed by atoms with E-state index in [1.165, 1.54) is 14.0 Å². The zero-order valence-corrected chi connectivity index (χ0v) is 31.5. The molecule has 2 aromatic rings. The van der Waals surface area contributed by atoms with Crippen LogP contribution in [0.4, 0.5) is 0 Å². The van der Waals surface area contributed by atoms with Gasteiger partial charge < -0.3 is 15.2 Å². The van der Waals surface area contributed by atoms with E-state index in [1.807, 2.05) is 32.1 Å². The molecule has 0 aliphatic carbocycles. The molecule has 0 fully saturated rings. The molecule has 4 aliphatic heterocycles. The molecule has 4 atom stereocenters. The number of aliphatic carboxylic acids is 1. The number of ketones is 1. The number of hydrogen-bond donors (Lipinski definition) is 4. The number of methoxy groups -OCH3 is 1. The number of carbonyl (C=O) groups is 4. The van der Waals surface area contributed by atoms with Crippen LogP contribution in [-0.4, -0.2) is 81.9 Å². The van der Waals surface area contributed by atoms with Gasteiger partial charge in [-0.15, -0.1) is 0 Å². The summed E-state index contributed by atoms with van der Waals surface area (Å²) >= 11 is 0. The van der Waals surface area contributed by atoms with Crippen LogP contribution in [0.15, 0.2) is 21.4 Å². The van der Waals surface area contributed by atoms with E-state index in [9.17, 15) is 37.3 Å². The number of carboxylic acids is 1. The van der Waals surface area contributed by atoms with Crippen LogP contribution in [0.3, 0.4) is 0 Å². The molecule has 6 bridgehead atoms. The Labute approximate surface area is 306 Å². The van der Waals surface area contributed by atoms with Gasteiger partial charge in [0.25, 0.3) is 16.0 Å². The van der Waals surface area contributed by atoms with Crippen LogP contribution in [-0.2, 0) is 24.4 Å². The highest BCUT2D eigenvalue weighted by atomic mass is 32.2. The van der Waals surface area contributed by atoms with Crippen molar-refractivity contribution in [1.29, 1.82) is 0 Å². The summed E-state index contributed by atoms with van der Waals surface area (Å²) < 4.78 is 41.2. The average molecular weight is 749 g/mol. The standard InChI is InChI=1S/C37H44N6O9S/c1-8-22-17(2)25-15-30-33(21(6)44)19(4)28-14-26-18(3)23(9-10-31(45)46)35(40-26)24(13-32(47)52-7)36-34(37(48)38-11-12-53(49,50)51)20(5)29(16-27(22)39-25)43(36)41-42(28)30/h14-18,22-23,41H,8-13H2,1-7H3,(H,38,48)(H,45,46)(H,49,50,51)/t17-,18+,22-,23+/m1/s1. The number of aliphatic imine (C=N–C) groups is 2. The second-order valence-electron chi connectivity index (χ2n) is 14.1. The largest absolute Gasteiger partial charge is 0.481 e. The minimum atomic E-state index is -4.41. The maximum Gasteiger partial charge on any atom is 0.310 e. The molecule has 6 rings (SSSR count). The van der Waals surface area contributed by atoms with Crippen LogP contribution in [0.2, 0.25) is 0 Å². The van der Waals surface area contributed by atoms with Crippen molar-refractivity contribution < 1.29 is 42.0 Å². The number of amides is 1. The van der Waals surface area contributed by atoms with Gasteiger partial charge in [-0.05, 0) is 63.0 Å². The van der Waals surface area contributed by atoms with Gasteiger partial charge in [-0.3, -0.25) is 33.7 Å². The summed E-state index contributed by atoms with van der Waals surface area (Å²) in [5, 5.41) is 13.5. The molecule has 16 heteroatoms. The Morgan fingerprint density at radius 3 is 2.25 bits per heavy atom. The molecule has 4 N–H and O–H groups in total. The SMILES string of the molecule is CC[C@H]1C2=Cc3c(C)c(C(=O)NCCS(=O)(=O)O)c4n3Nn3c(c(C)c(C(C)=O)c3=CC(=N2)[C@@H]1C)=CC1=NC(=C4CC(=O)OC)[C@@H](CCC(=O)O)[C@@H]1C. The summed E-state index contributed by atoms with van der Waals surface area (Å²) in [5.74, 6) is -4.12. The first kappa shape index (κ1) is 37.7. The summed E-state index contributed by atoms with van der Waals surface area (Å²) in [4.78, 5) is 63.2. The predicted molar refractivity (Wildman–Crippen MR) is 199 cm³/mol. The number of carboxylic acid groups (broad SMARTS) is 1. The van der Waals surface area contributed by atoms with Crippen molar-refractivity contribution in [2.45, 2.75) is 67.2 Å². The second kappa shape index (κ2) is 14.0. The molecular formula is C37H44N6O9S. The van der Waals surface area contributed by atoms with Crippen molar-refractivity contribution in [2.75, 3.05) is 24.9 Å². The maximum atomic E-state index is 14.3. The van der Waals surface area contributed by atoms with Crippen molar-refractivity contribution in [1.82, 2.24) is 14.7 Å². The Bertz CT molecular complexity index is 2340. The quantitative estimate of drug-likeness (QED) is 0.150. The monoisotopic (exact) mass is 748 g/mol. The molecule has 2 aromatic heterocycles. The van der Waals surface area contributed by atoms with Gasteiger partial charge in [0.05, 0.1) is 52.6 Å². The van der Waals surface area contributed by atoms with E-state index in [4.69, 9.17) is 14.7 Å². The molecular weight excluding hydrogens is 705 g/mol. The number of fused-ring (bicyclic) bond motifs is 2. The highest BCUT2D eigenvalue weighted by molar-refractivity contribution is 7.85. The van der Waals surface area contributed by atoms with E-state index in [0.29, 0.717) is 50.1 Å². The Morgan fingerprint density at radius 1 is 0.962 bits per heavy atom. The van der Waals surface area contributed by atoms with Gasteiger partial charge in [-0.2, -0.15) is 8.42 Å². The van der Waals surface area contributed by atoms with Crippen LogP contribution in [0.1, 0.15) is 96.6 Å².